The number of halogens is 2. The molecule has 0 spiro atoms. The fourth-order valence-corrected chi connectivity index (χ4v) is 1.97. The van der Waals surface area contributed by atoms with Crippen LogP contribution in [-0.4, -0.2) is 5.78 Å². The first-order valence-electron chi connectivity index (χ1n) is 5.63. The third-order valence-corrected chi connectivity index (χ3v) is 2.90. The summed E-state index contributed by atoms with van der Waals surface area (Å²) in [4.78, 5) is 12.2. The first-order valence-corrected chi connectivity index (χ1v) is 5.63. The second-order valence-electron chi connectivity index (χ2n) is 4.10. The van der Waals surface area contributed by atoms with Crippen LogP contribution in [0.4, 0.5) is 8.78 Å². The lowest BCUT2D eigenvalue weighted by molar-refractivity contribution is 0.103. The van der Waals surface area contributed by atoms with Gasteiger partial charge < -0.3 is 4.42 Å². The number of hydrogen-bond acceptors (Lipinski definition) is 2. The van der Waals surface area contributed by atoms with Gasteiger partial charge in [0.1, 0.15) is 23.5 Å². The van der Waals surface area contributed by atoms with E-state index in [9.17, 15) is 13.6 Å². The van der Waals surface area contributed by atoms with Gasteiger partial charge in [-0.2, -0.15) is 0 Å². The molecule has 3 rings (SSSR count). The van der Waals surface area contributed by atoms with Crippen molar-refractivity contribution in [1.82, 2.24) is 0 Å². The number of carbonyl (C=O) groups is 1. The van der Waals surface area contributed by atoms with Crippen molar-refractivity contribution in [1.29, 1.82) is 0 Å². The largest absolute Gasteiger partial charge is 0.464 e. The Labute approximate surface area is 107 Å². The van der Waals surface area contributed by atoms with E-state index in [-0.39, 0.29) is 11.1 Å². The summed E-state index contributed by atoms with van der Waals surface area (Å²) in [6.07, 6.45) is 1.26. The zero-order valence-corrected chi connectivity index (χ0v) is 9.69. The summed E-state index contributed by atoms with van der Waals surface area (Å²) in [6.45, 7) is 0. The van der Waals surface area contributed by atoms with Crippen LogP contribution in [0.5, 0.6) is 0 Å². The van der Waals surface area contributed by atoms with Crippen LogP contribution in [0, 0.1) is 11.6 Å². The molecule has 3 aromatic rings. The number of hydrogen-bond donors (Lipinski definition) is 0. The monoisotopic (exact) mass is 258 g/mol. The first-order chi connectivity index (χ1) is 9.16. The minimum Gasteiger partial charge on any atom is -0.464 e. The van der Waals surface area contributed by atoms with E-state index in [4.69, 9.17) is 4.42 Å². The van der Waals surface area contributed by atoms with Crippen molar-refractivity contribution in [3.8, 4) is 0 Å². The van der Waals surface area contributed by atoms with Gasteiger partial charge in [-0.3, -0.25) is 4.79 Å². The minimum atomic E-state index is -0.753. The molecule has 0 N–H and O–H groups in total. The molecule has 94 valence electrons. The predicted octanol–water partition coefficient (Wildman–Crippen LogP) is 3.94. The molecule has 0 aliphatic carbocycles. The molecule has 0 atom stereocenters. The van der Waals surface area contributed by atoms with Crippen LogP contribution < -0.4 is 0 Å². The van der Waals surface area contributed by atoms with E-state index in [0.29, 0.717) is 11.0 Å². The Hall–Kier alpha value is -2.49. The van der Waals surface area contributed by atoms with Crippen LogP contribution in [0.1, 0.15) is 15.9 Å². The maximum Gasteiger partial charge on any atom is 0.199 e. The van der Waals surface area contributed by atoms with E-state index in [1.54, 1.807) is 24.3 Å². The van der Waals surface area contributed by atoms with E-state index < -0.39 is 17.4 Å². The van der Waals surface area contributed by atoms with Crippen LogP contribution in [0.3, 0.4) is 0 Å². The fourth-order valence-electron chi connectivity index (χ4n) is 1.97. The molecule has 0 aliphatic rings. The van der Waals surface area contributed by atoms with Crippen molar-refractivity contribution in [3.63, 3.8) is 0 Å². The maximum atomic E-state index is 13.6. The van der Waals surface area contributed by atoms with Gasteiger partial charge in [-0.1, -0.05) is 18.2 Å². The van der Waals surface area contributed by atoms with Crippen molar-refractivity contribution >= 4 is 16.8 Å². The molecule has 0 bridgehead atoms. The number of furan rings is 1. The van der Waals surface area contributed by atoms with E-state index in [2.05, 4.69) is 0 Å². The highest BCUT2D eigenvalue weighted by Gasteiger charge is 2.19. The summed E-state index contributed by atoms with van der Waals surface area (Å²) < 4.78 is 31.9. The van der Waals surface area contributed by atoms with E-state index in [1.165, 1.54) is 6.26 Å². The lowest BCUT2D eigenvalue weighted by atomic mass is 10.0. The van der Waals surface area contributed by atoms with Gasteiger partial charge in [0.15, 0.2) is 5.78 Å². The predicted molar refractivity (Wildman–Crippen MR) is 66.0 cm³/mol. The second-order valence-corrected chi connectivity index (χ2v) is 4.10. The maximum absolute atomic E-state index is 13.6. The van der Waals surface area contributed by atoms with Crippen molar-refractivity contribution in [2.75, 3.05) is 0 Å². The van der Waals surface area contributed by atoms with Gasteiger partial charge in [0.2, 0.25) is 0 Å². The lowest BCUT2D eigenvalue weighted by Gasteiger charge is -2.01. The molecule has 0 unspecified atom stereocenters. The molecular weight excluding hydrogens is 250 g/mol. The molecular formula is C15H8F2O2. The quantitative estimate of drug-likeness (QED) is 0.652. The van der Waals surface area contributed by atoms with Gasteiger partial charge in [-0.05, 0) is 24.3 Å². The van der Waals surface area contributed by atoms with Crippen molar-refractivity contribution < 1.29 is 18.0 Å². The van der Waals surface area contributed by atoms with Gasteiger partial charge in [0.25, 0.3) is 0 Å². The minimum absolute atomic E-state index is 0.222. The fraction of sp³-hybridized carbons (Fsp3) is 0. The van der Waals surface area contributed by atoms with Crippen LogP contribution in [0.15, 0.2) is 53.1 Å². The van der Waals surface area contributed by atoms with Gasteiger partial charge in [-0.15, -0.1) is 0 Å². The Morgan fingerprint density at radius 3 is 2.63 bits per heavy atom. The van der Waals surface area contributed by atoms with Gasteiger partial charge in [0, 0.05) is 5.39 Å². The highest BCUT2D eigenvalue weighted by atomic mass is 19.1. The number of fused-ring (bicyclic) bond motifs is 1. The van der Waals surface area contributed by atoms with Crippen LogP contribution in [0.2, 0.25) is 0 Å². The number of rotatable bonds is 2. The molecule has 0 fully saturated rings. The zero-order valence-electron chi connectivity index (χ0n) is 9.69. The van der Waals surface area contributed by atoms with Gasteiger partial charge in [-0.25, -0.2) is 8.78 Å². The highest BCUT2D eigenvalue weighted by molar-refractivity contribution is 6.15. The Bertz CT molecular complexity index is 775. The number of benzene rings is 2. The Kier molecular flexibility index (Phi) is 2.63. The van der Waals surface area contributed by atoms with Crippen molar-refractivity contribution in [2.45, 2.75) is 0 Å². The number of carbonyl (C=O) groups excluding carboxylic acids is 1. The molecule has 0 aliphatic heterocycles. The number of ketones is 1. The van der Waals surface area contributed by atoms with Crippen LogP contribution in [0.25, 0.3) is 11.0 Å². The third kappa shape index (κ3) is 1.91. The van der Waals surface area contributed by atoms with E-state index in [0.717, 1.165) is 18.2 Å². The third-order valence-electron chi connectivity index (χ3n) is 2.90. The van der Waals surface area contributed by atoms with Crippen LogP contribution in [-0.2, 0) is 0 Å². The molecule has 1 heterocycles. The molecule has 0 saturated heterocycles. The Morgan fingerprint density at radius 1 is 1.00 bits per heavy atom. The molecule has 2 aromatic carbocycles. The topological polar surface area (TPSA) is 30.2 Å². The van der Waals surface area contributed by atoms with E-state index in [1.807, 2.05) is 0 Å². The molecule has 4 heteroatoms. The zero-order chi connectivity index (χ0) is 13.4. The van der Waals surface area contributed by atoms with Crippen molar-refractivity contribution in [3.05, 3.63) is 71.5 Å². The normalized spacial score (nSPS) is 10.8. The average molecular weight is 258 g/mol. The van der Waals surface area contributed by atoms with Gasteiger partial charge >= 0.3 is 0 Å². The molecule has 1 aromatic heterocycles. The average Bonchev–Trinajstić information content (AvgIpc) is 2.84. The van der Waals surface area contributed by atoms with Crippen molar-refractivity contribution in [2.24, 2.45) is 0 Å². The summed E-state index contributed by atoms with van der Waals surface area (Å²) in [5.74, 6) is -2.00. The molecule has 2 nitrogen and oxygen atoms in total. The highest BCUT2D eigenvalue weighted by Crippen LogP contribution is 2.24. The van der Waals surface area contributed by atoms with Crippen LogP contribution >= 0.6 is 0 Å². The number of para-hydroxylation sites is 1. The molecule has 0 saturated carbocycles. The molecule has 0 amide bonds. The second kappa shape index (κ2) is 4.31. The summed E-state index contributed by atoms with van der Waals surface area (Å²) in [7, 11) is 0. The van der Waals surface area contributed by atoms with E-state index >= 15 is 0 Å². The van der Waals surface area contributed by atoms with Gasteiger partial charge in [0.05, 0.1) is 11.1 Å². The molecule has 19 heavy (non-hydrogen) atoms. The first kappa shape index (κ1) is 11.6. The summed E-state index contributed by atoms with van der Waals surface area (Å²) in [5, 5.41) is 0.580. The lowest BCUT2D eigenvalue weighted by Crippen LogP contribution is -2.04. The molecule has 0 radical (unpaired) electrons. The summed E-state index contributed by atoms with van der Waals surface area (Å²) >= 11 is 0. The standard InChI is InChI=1S/C15H8F2O2/c16-9-5-6-13(17)11(7-9)15(18)12-8-19-14-4-2-1-3-10(12)14/h1-8H. The Morgan fingerprint density at radius 2 is 1.79 bits per heavy atom. The smallest absolute Gasteiger partial charge is 0.199 e. The SMILES string of the molecule is O=C(c1cc(F)ccc1F)c1coc2ccccc12. The summed E-state index contributed by atoms with van der Waals surface area (Å²) in [5.41, 5.74) is 0.453. The Balaban J connectivity index is 2.16. The summed E-state index contributed by atoms with van der Waals surface area (Å²) in [6, 6.07) is 9.71.